The summed E-state index contributed by atoms with van der Waals surface area (Å²) in [7, 11) is 1.40. The Labute approximate surface area is 176 Å². The van der Waals surface area contributed by atoms with E-state index in [9.17, 15) is 19.8 Å². The van der Waals surface area contributed by atoms with E-state index in [0.717, 1.165) is 32.1 Å². The van der Waals surface area contributed by atoms with Crippen LogP contribution in [0.4, 0.5) is 0 Å². The van der Waals surface area contributed by atoms with Crippen molar-refractivity contribution in [3.05, 3.63) is 24.3 Å². The first-order chi connectivity index (χ1) is 14.0. The molecule has 6 atom stereocenters. The molecule has 0 aromatic rings. The highest BCUT2D eigenvalue weighted by atomic mass is 16.5. The molecule has 5 nitrogen and oxygen atoms in total. The number of unbranched alkanes of at least 4 members (excludes halogenated alkanes) is 1. The van der Waals surface area contributed by atoms with Crippen molar-refractivity contribution < 1.29 is 25.9 Å². The second-order valence-electron chi connectivity index (χ2n) is 9.22. The minimum atomic E-state index is -1.76. The van der Waals surface area contributed by atoms with Crippen molar-refractivity contribution in [3.8, 4) is 0 Å². The molecule has 2 aliphatic carbocycles. The monoisotopic (exact) mass is 407 g/mol. The lowest BCUT2D eigenvalue weighted by atomic mass is 9.80. The van der Waals surface area contributed by atoms with Crippen molar-refractivity contribution in [1.29, 1.82) is 0 Å². The summed E-state index contributed by atoms with van der Waals surface area (Å²) in [5, 5.41) is 21.1. The summed E-state index contributed by atoms with van der Waals surface area (Å²) in [4.78, 5) is 23.8. The van der Waals surface area contributed by atoms with Crippen LogP contribution in [0.5, 0.6) is 0 Å². The van der Waals surface area contributed by atoms with Crippen molar-refractivity contribution >= 4 is 11.8 Å². The number of aliphatic hydroxyl groups excluding tert-OH is 1. The van der Waals surface area contributed by atoms with Gasteiger partial charge in [-0.1, -0.05) is 57.9 Å². The Hall–Kier alpha value is -1.46. The van der Waals surface area contributed by atoms with E-state index in [0.29, 0.717) is 12.3 Å². The summed E-state index contributed by atoms with van der Waals surface area (Å²) in [5.74, 6) is -0.576. The molecule has 164 valence electrons. The third kappa shape index (κ3) is 6.51. The molecule has 2 rings (SSSR count). The van der Waals surface area contributed by atoms with E-state index in [1.807, 2.05) is 26.0 Å². The first-order valence-corrected chi connectivity index (χ1v) is 10.9. The second kappa shape index (κ2) is 10.5. The van der Waals surface area contributed by atoms with E-state index in [2.05, 4.69) is 6.92 Å². The zero-order valence-corrected chi connectivity index (χ0v) is 18.3. The average Bonchev–Trinajstić information content (AvgIpc) is 3.40. The Morgan fingerprint density at radius 1 is 1.38 bits per heavy atom. The number of allylic oxidation sites excluding steroid dienone is 2. The second-order valence-corrected chi connectivity index (χ2v) is 9.22. The third-order valence-corrected chi connectivity index (χ3v) is 6.48. The maximum Gasteiger partial charge on any atom is 0.308 e. The first kappa shape index (κ1) is 22.2. The number of ketones is 1. The number of ether oxygens (including phenoxy) is 1. The van der Waals surface area contributed by atoms with E-state index in [4.69, 9.17) is 6.11 Å². The van der Waals surface area contributed by atoms with Gasteiger partial charge in [-0.3, -0.25) is 9.59 Å². The molecule has 0 radical (unpaired) electrons. The maximum atomic E-state index is 12.4. The van der Waals surface area contributed by atoms with E-state index in [-0.39, 0.29) is 30.0 Å². The normalized spacial score (nSPS) is 32.6. The van der Waals surface area contributed by atoms with Crippen molar-refractivity contribution in [2.24, 2.45) is 29.1 Å². The van der Waals surface area contributed by atoms with E-state index >= 15 is 0 Å². The van der Waals surface area contributed by atoms with Gasteiger partial charge in [0.15, 0.2) is 0 Å². The first-order valence-electron chi connectivity index (χ1n) is 11.4. The number of carbonyl (C=O) groups is 2. The van der Waals surface area contributed by atoms with Crippen molar-refractivity contribution in [3.63, 3.8) is 0 Å². The van der Waals surface area contributed by atoms with Crippen molar-refractivity contribution in [2.45, 2.75) is 77.9 Å². The fourth-order valence-electron chi connectivity index (χ4n) is 4.16. The van der Waals surface area contributed by atoms with Crippen LogP contribution in [0.2, 0.25) is 0 Å². The van der Waals surface area contributed by atoms with Gasteiger partial charge >= 0.3 is 5.97 Å². The van der Waals surface area contributed by atoms with Gasteiger partial charge in [0, 0.05) is 18.3 Å². The predicted octanol–water partition coefficient (Wildman–Crippen LogP) is 3.83. The van der Waals surface area contributed by atoms with Gasteiger partial charge < -0.3 is 14.9 Å². The van der Waals surface area contributed by atoms with Crippen LogP contribution in [-0.4, -0.2) is 41.3 Å². The van der Waals surface area contributed by atoms with Crippen molar-refractivity contribution in [2.75, 3.05) is 7.11 Å². The number of Topliss-reactive ketones (excluding diaryl/α,β-unsaturated/α-hetero) is 1. The van der Waals surface area contributed by atoms with Gasteiger partial charge in [-0.05, 0) is 37.0 Å². The van der Waals surface area contributed by atoms with Gasteiger partial charge in [0.2, 0.25) is 0 Å². The summed E-state index contributed by atoms with van der Waals surface area (Å²) in [6.45, 7) is 5.82. The van der Waals surface area contributed by atoms with Crippen LogP contribution in [0.3, 0.4) is 0 Å². The third-order valence-electron chi connectivity index (χ3n) is 6.48. The highest BCUT2D eigenvalue weighted by molar-refractivity contribution is 5.84. The lowest BCUT2D eigenvalue weighted by molar-refractivity contribution is -0.142. The van der Waals surface area contributed by atoms with Crippen LogP contribution in [0.25, 0.3) is 0 Å². The molecule has 0 aliphatic heterocycles. The average molecular weight is 408 g/mol. The number of hydrogen-bond acceptors (Lipinski definition) is 5. The Morgan fingerprint density at radius 3 is 2.72 bits per heavy atom. The molecule has 2 aliphatic rings. The van der Waals surface area contributed by atoms with Gasteiger partial charge in [-0.2, -0.15) is 0 Å². The molecule has 0 aromatic carbocycles. The fourth-order valence-corrected chi connectivity index (χ4v) is 4.16. The molecule has 2 fully saturated rings. The minimum absolute atomic E-state index is 0.00365. The minimum Gasteiger partial charge on any atom is -0.469 e. The fraction of sp³-hybridized carbons (Fsp3) is 0.750. The molecule has 0 amide bonds. The van der Waals surface area contributed by atoms with Gasteiger partial charge in [0.05, 0.1) is 26.6 Å². The van der Waals surface area contributed by atoms with Crippen LogP contribution in [0, 0.1) is 29.1 Å². The maximum absolute atomic E-state index is 12.4. The molecule has 0 heterocycles. The molecule has 0 unspecified atom stereocenters. The molecule has 0 spiro atoms. The largest absolute Gasteiger partial charge is 0.469 e. The highest BCUT2D eigenvalue weighted by Gasteiger charge is 2.43. The van der Waals surface area contributed by atoms with Crippen molar-refractivity contribution in [1.82, 2.24) is 0 Å². The lowest BCUT2D eigenvalue weighted by Crippen LogP contribution is -2.28. The molecular weight excluding hydrogens is 368 g/mol. The Balaban J connectivity index is 1.95. The Kier molecular flexibility index (Phi) is 8.07. The van der Waals surface area contributed by atoms with Gasteiger partial charge in [-0.15, -0.1) is 0 Å². The van der Waals surface area contributed by atoms with Gasteiger partial charge in [0.25, 0.3) is 0 Å². The highest BCUT2D eigenvalue weighted by Crippen LogP contribution is 2.42. The van der Waals surface area contributed by atoms with Crippen LogP contribution in [0.1, 0.15) is 67.1 Å². The number of esters is 1. The van der Waals surface area contributed by atoms with Crippen LogP contribution < -0.4 is 0 Å². The molecule has 0 bridgehead atoms. The summed E-state index contributed by atoms with van der Waals surface area (Å²) >= 11 is 0. The number of methoxy groups -OCH3 is 1. The molecule has 0 saturated heterocycles. The molecule has 29 heavy (non-hydrogen) atoms. The van der Waals surface area contributed by atoms with E-state index in [1.54, 1.807) is 6.08 Å². The predicted molar refractivity (Wildman–Crippen MR) is 113 cm³/mol. The molecule has 0 aromatic heterocycles. The number of aliphatic hydroxyl groups is 2. The topological polar surface area (TPSA) is 83.8 Å². The summed E-state index contributed by atoms with van der Waals surface area (Å²) in [6.07, 6.45) is 9.42. The quantitative estimate of drug-likeness (QED) is 0.402. The molecular formula is C24H38O5. The summed E-state index contributed by atoms with van der Waals surface area (Å²) in [6, 6.07) is 0. The van der Waals surface area contributed by atoms with Gasteiger partial charge in [0.1, 0.15) is 5.78 Å². The smallest absolute Gasteiger partial charge is 0.308 e. The van der Waals surface area contributed by atoms with Gasteiger partial charge in [-0.25, -0.2) is 0 Å². The zero-order valence-electron chi connectivity index (χ0n) is 19.3. The number of rotatable bonds is 11. The summed E-state index contributed by atoms with van der Waals surface area (Å²) in [5.41, 5.74) is -0.622. The van der Waals surface area contributed by atoms with Crippen LogP contribution in [0.15, 0.2) is 24.3 Å². The zero-order chi connectivity index (χ0) is 22.5. The lowest BCUT2D eigenvalue weighted by Gasteiger charge is -2.29. The molecule has 2 saturated carbocycles. The molecule has 2 N–H and O–H groups in total. The Morgan fingerprint density at radius 2 is 2.07 bits per heavy atom. The standard InChI is InChI=1S/C24H38O5/c1-5-6-13-24(2,3)22(27)12-11-18-17(20(25)15-21(18)26)10-8-7-9-16-14-19(16)23(28)29-4/h7-8,11-12,16-19,21-22,26-27H,5-6,9-10,13-15H2,1-4H3/b8-7-,12-11+/t16-,17-,18-,19-,21-,22-/m1/s1/i22D. The van der Waals surface area contributed by atoms with E-state index < -0.39 is 23.5 Å². The molecule has 5 heteroatoms. The van der Waals surface area contributed by atoms with Crippen LogP contribution >= 0.6 is 0 Å². The summed E-state index contributed by atoms with van der Waals surface area (Å²) < 4.78 is 13.1. The SMILES string of the molecule is [2H][C@@](O)(/C=C/[C@H]1[C@H](O)CC(=O)[C@@H]1C/C=C\C[C@@H]1C[C@H]1C(=O)OC)C(C)(C)CCCC. The number of carbonyl (C=O) groups excluding carboxylic acids is 2. The number of hydrogen-bond donors (Lipinski definition) is 2. The van der Waals surface area contributed by atoms with Crippen LogP contribution in [-0.2, 0) is 14.3 Å². The van der Waals surface area contributed by atoms with E-state index in [1.165, 1.54) is 13.2 Å². The Bertz CT molecular complexity index is 667.